The molecule has 0 aromatic rings. The maximum absolute atomic E-state index is 12.9. The molecule has 0 rings (SSSR count). The van der Waals surface area contributed by atoms with Crippen LogP contribution in [0.5, 0.6) is 0 Å². The first kappa shape index (κ1) is 65.1. The van der Waals surface area contributed by atoms with Crippen molar-refractivity contribution in [2.24, 2.45) is 0 Å². The van der Waals surface area contributed by atoms with E-state index in [-0.39, 0.29) is 31.1 Å². The number of ether oxygens (including phenoxy) is 3. The summed E-state index contributed by atoms with van der Waals surface area (Å²) in [5.41, 5.74) is 0. The van der Waals surface area contributed by atoms with Gasteiger partial charge in [-0.3, -0.25) is 14.4 Å². The molecule has 6 heteroatoms. The Kier molecular flexibility index (Phi) is 54.3. The fourth-order valence-electron chi connectivity index (χ4n) is 8.30. The third-order valence-electron chi connectivity index (χ3n) is 12.7. The molecule has 0 N–H and O–H groups in total. The first-order valence-corrected chi connectivity index (χ1v) is 29.3. The van der Waals surface area contributed by atoms with E-state index >= 15 is 0 Å². The quantitative estimate of drug-likeness (QED) is 0.0262. The summed E-state index contributed by atoms with van der Waals surface area (Å²) in [7, 11) is 0. The van der Waals surface area contributed by atoms with E-state index in [1.807, 2.05) is 0 Å². The number of allylic oxidation sites excluding steroid dienone is 10. The topological polar surface area (TPSA) is 78.9 Å². The van der Waals surface area contributed by atoms with Crippen molar-refractivity contribution in [1.82, 2.24) is 0 Å². The Morgan fingerprint density at radius 2 is 0.529 bits per heavy atom. The van der Waals surface area contributed by atoms with Crippen LogP contribution in [0.25, 0.3) is 0 Å². The van der Waals surface area contributed by atoms with Crippen molar-refractivity contribution in [3.05, 3.63) is 60.8 Å². The molecule has 0 saturated heterocycles. The van der Waals surface area contributed by atoms with Crippen molar-refractivity contribution in [2.45, 2.75) is 303 Å². The molecule has 0 aromatic heterocycles. The fraction of sp³-hybridized carbons (Fsp3) is 0.790. The van der Waals surface area contributed by atoms with Crippen LogP contribution < -0.4 is 0 Å². The number of unbranched alkanes of at least 4 members (excludes halogenated alkanes) is 32. The van der Waals surface area contributed by atoms with Gasteiger partial charge in [0.05, 0.1) is 0 Å². The van der Waals surface area contributed by atoms with Crippen LogP contribution >= 0.6 is 0 Å². The maximum atomic E-state index is 12.9. The van der Waals surface area contributed by atoms with Crippen LogP contribution in [0.2, 0.25) is 0 Å². The van der Waals surface area contributed by atoms with Crippen LogP contribution in [0.3, 0.4) is 0 Å². The van der Waals surface area contributed by atoms with Gasteiger partial charge in [0.2, 0.25) is 0 Å². The van der Waals surface area contributed by atoms with Crippen LogP contribution in [0.1, 0.15) is 297 Å². The van der Waals surface area contributed by atoms with Crippen LogP contribution in [0, 0.1) is 0 Å². The minimum Gasteiger partial charge on any atom is -0.462 e. The van der Waals surface area contributed by atoms with E-state index in [2.05, 4.69) is 81.5 Å². The predicted octanol–water partition coefficient (Wildman–Crippen LogP) is 19.6. The van der Waals surface area contributed by atoms with Gasteiger partial charge in [0.1, 0.15) is 13.2 Å². The van der Waals surface area contributed by atoms with Crippen molar-refractivity contribution in [2.75, 3.05) is 13.2 Å². The van der Waals surface area contributed by atoms with Gasteiger partial charge in [0, 0.05) is 19.3 Å². The predicted molar refractivity (Wildman–Crippen MR) is 293 cm³/mol. The Hall–Kier alpha value is -2.89. The van der Waals surface area contributed by atoms with E-state index < -0.39 is 6.10 Å². The lowest BCUT2D eigenvalue weighted by Crippen LogP contribution is -2.30. The molecule has 1 atom stereocenters. The molecule has 0 fully saturated rings. The highest BCUT2D eigenvalue weighted by Crippen LogP contribution is 2.16. The van der Waals surface area contributed by atoms with E-state index in [1.165, 1.54) is 173 Å². The number of hydrogen-bond acceptors (Lipinski definition) is 6. The van der Waals surface area contributed by atoms with E-state index in [1.54, 1.807) is 0 Å². The number of rotatable bonds is 53. The second-order valence-electron chi connectivity index (χ2n) is 19.6. The lowest BCUT2D eigenvalue weighted by Gasteiger charge is -2.18. The molecule has 0 heterocycles. The molecular weight excluding hydrogens is 841 g/mol. The zero-order chi connectivity index (χ0) is 49.3. The van der Waals surface area contributed by atoms with Crippen LogP contribution in [0.15, 0.2) is 60.8 Å². The molecule has 0 amide bonds. The van der Waals surface area contributed by atoms with E-state index in [0.29, 0.717) is 19.3 Å². The van der Waals surface area contributed by atoms with Gasteiger partial charge < -0.3 is 14.2 Å². The van der Waals surface area contributed by atoms with Gasteiger partial charge in [0.25, 0.3) is 0 Å². The summed E-state index contributed by atoms with van der Waals surface area (Å²) >= 11 is 0. The number of hydrogen-bond donors (Lipinski definition) is 0. The van der Waals surface area contributed by atoms with Gasteiger partial charge in [-0.2, -0.15) is 0 Å². The largest absolute Gasteiger partial charge is 0.462 e. The summed E-state index contributed by atoms with van der Waals surface area (Å²) in [5.74, 6) is -0.907. The summed E-state index contributed by atoms with van der Waals surface area (Å²) in [6.45, 7) is 6.61. The molecule has 0 radical (unpaired) electrons. The number of carbonyl (C=O) groups is 3. The molecule has 0 aliphatic heterocycles. The van der Waals surface area contributed by atoms with Crippen LogP contribution in [-0.4, -0.2) is 37.2 Å². The monoisotopic (exact) mass is 951 g/mol. The van der Waals surface area contributed by atoms with Gasteiger partial charge >= 0.3 is 17.9 Å². The molecule has 0 aliphatic rings. The van der Waals surface area contributed by atoms with Gasteiger partial charge in [-0.15, -0.1) is 0 Å². The average Bonchev–Trinajstić information content (AvgIpc) is 3.34. The van der Waals surface area contributed by atoms with Crippen molar-refractivity contribution >= 4 is 17.9 Å². The second kappa shape index (κ2) is 56.7. The van der Waals surface area contributed by atoms with Crippen molar-refractivity contribution < 1.29 is 28.6 Å². The Labute approximate surface area is 421 Å². The zero-order valence-corrected chi connectivity index (χ0v) is 45.1. The summed E-state index contributed by atoms with van der Waals surface area (Å²) in [4.78, 5) is 38.2. The lowest BCUT2D eigenvalue weighted by atomic mass is 10.0. The number of esters is 3. The highest BCUT2D eigenvalue weighted by Gasteiger charge is 2.19. The Morgan fingerprint density at radius 1 is 0.294 bits per heavy atom. The SMILES string of the molecule is CCCCC/C=C/C/C=C/C/C=C/C/C=C/CCCCCC(=O)OC[C@@H](COC(=O)CCCCCCCCCCCCCCCC)OC(=O)CCCCCCCCC/C=C/CCCCCCCC. The van der Waals surface area contributed by atoms with Gasteiger partial charge in [-0.1, -0.05) is 248 Å². The summed E-state index contributed by atoms with van der Waals surface area (Å²) < 4.78 is 16.9. The summed E-state index contributed by atoms with van der Waals surface area (Å²) in [5, 5.41) is 0. The molecule has 394 valence electrons. The average molecular weight is 952 g/mol. The molecule has 0 spiro atoms. The molecule has 0 aliphatic carbocycles. The van der Waals surface area contributed by atoms with Crippen molar-refractivity contribution in [1.29, 1.82) is 0 Å². The standard InChI is InChI=1S/C62H110O6/c1-4-7-10-13-16-19-22-25-28-30-31-33-34-37-40-43-46-49-52-55-61(64)67-58-59(57-66-60(63)54-51-48-45-42-39-36-27-24-21-18-15-12-9-6-3)68-62(65)56-53-50-47-44-41-38-35-32-29-26-23-20-17-14-11-8-5-2/h16,19,25-26,28-29,31,33,37,40,59H,4-15,17-18,20-24,27,30,32,34-36,38-39,41-58H2,1-3H3/b19-16+,28-25+,29-26+,33-31+,40-37+/t59-/m1/s1. The van der Waals surface area contributed by atoms with Gasteiger partial charge in [-0.25, -0.2) is 0 Å². The molecule has 0 saturated carbocycles. The van der Waals surface area contributed by atoms with Crippen molar-refractivity contribution in [3.8, 4) is 0 Å². The van der Waals surface area contributed by atoms with Gasteiger partial charge in [0.15, 0.2) is 6.10 Å². The third-order valence-corrected chi connectivity index (χ3v) is 12.7. The maximum Gasteiger partial charge on any atom is 0.306 e. The highest BCUT2D eigenvalue weighted by atomic mass is 16.6. The number of carbonyl (C=O) groups excluding carboxylic acids is 3. The molecule has 0 bridgehead atoms. The summed E-state index contributed by atoms with van der Waals surface area (Å²) in [6, 6.07) is 0. The molecule has 0 aromatic carbocycles. The minimum absolute atomic E-state index is 0.0836. The fourth-order valence-corrected chi connectivity index (χ4v) is 8.30. The normalized spacial score (nSPS) is 12.5. The minimum atomic E-state index is -0.788. The molecule has 0 unspecified atom stereocenters. The van der Waals surface area contributed by atoms with E-state index in [9.17, 15) is 14.4 Å². The summed E-state index contributed by atoms with van der Waals surface area (Å²) in [6.07, 6.45) is 70.6. The molecular formula is C62H110O6. The highest BCUT2D eigenvalue weighted by molar-refractivity contribution is 5.71. The molecule has 6 nitrogen and oxygen atoms in total. The van der Waals surface area contributed by atoms with Crippen LogP contribution in [0.4, 0.5) is 0 Å². The van der Waals surface area contributed by atoms with E-state index in [0.717, 1.165) is 83.5 Å². The Morgan fingerprint density at radius 3 is 0.882 bits per heavy atom. The lowest BCUT2D eigenvalue weighted by molar-refractivity contribution is -0.167. The Bertz CT molecular complexity index is 1230. The van der Waals surface area contributed by atoms with Gasteiger partial charge in [-0.05, 0) is 89.9 Å². The van der Waals surface area contributed by atoms with Crippen molar-refractivity contribution in [3.63, 3.8) is 0 Å². The smallest absolute Gasteiger partial charge is 0.306 e. The first-order valence-electron chi connectivity index (χ1n) is 29.3. The second-order valence-corrected chi connectivity index (χ2v) is 19.6. The first-order chi connectivity index (χ1) is 33.5. The molecule has 68 heavy (non-hydrogen) atoms. The van der Waals surface area contributed by atoms with E-state index in [4.69, 9.17) is 14.2 Å². The Balaban J connectivity index is 4.42. The van der Waals surface area contributed by atoms with Crippen LogP contribution in [-0.2, 0) is 28.6 Å². The zero-order valence-electron chi connectivity index (χ0n) is 45.1. The third kappa shape index (κ3) is 54.1.